The lowest BCUT2D eigenvalue weighted by molar-refractivity contribution is -0.139. The minimum Gasteiger partial charge on any atom is -0.480 e. The van der Waals surface area contributed by atoms with Gasteiger partial charge in [0.15, 0.2) is 0 Å². The molecule has 116 valence electrons. The fraction of sp³-hybridized carbons (Fsp3) is 0.467. The normalized spacial score (nSPS) is 13.7. The third-order valence-corrected chi connectivity index (χ3v) is 4.32. The maximum Gasteiger partial charge on any atom is 0.326 e. The molecule has 5 nitrogen and oxygen atoms in total. The summed E-state index contributed by atoms with van der Waals surface area (Å²) in [5, 5.41) is 11.7. The second-order valence-corrected chi connectivity index (χ2v) is 6.83. The Bertz CT molecular complexity index is 542. The molecule has 1 rings (SSSR count). The van der Waals surface area contributed by atoms with E-state index >= 15 is 0 Å². The van der Waals surface area contributed by atoms with Crippen LogP contribution in [0.1, 0.15) is 37.6 Å². The molecule has 2 N–H and O–H groups in total. The van der Waals surface area contributed by atoms with Crippen molar-refractivity contribution in [3.8, 4) is 0 Å². The number of carbonyl (C=O) groups excluding carboxylic acids is 1. The van der Waals surface area contributed by atoms with Crippen molar-refractivity contribution in [1.29, 1.82) is 0 Å². The van der Waals surface area contributed by atoms with E-state index in [1.165, 1.54) is 0 Å². The summed E-state index contributed by atoms with van der Waals surface area (Å²) in [6.07, 6.45) is 0.347. The zero-order valence-electron chi connectivity index (χ0n) is 12.5. The van der Waals surface area contributed by atoms with Gasteiger partial charge in [-0.15, -0.1) is 0 Å². The van der Waals surface area contributed by atoms with Crippen LogP contribution in [0, 0.1) is 5.92 Å². The fourth-order valence-corrected chi connectivity index (χ4v) is 2.88. The highest BCUT2D eigenvalue weighted by molar-refractivity contribution is 7.85. The lowest BCUT2D eigenvalue weighted by Gasteiger charge is -2.17. The highest BCUT2D eigenvalue weighted by Crippen LogP contribution is 2.15. The summed E-state index contributed by atoms with van der Waals surface area (Å²) in [6.45, 7) is 5.55. The lowest BCUT2D eigenvalue weighted by Crippen LogP contribution is -2.42. The first-order valence-electron chi connectivity index (χ1n) is 6.87. The van der Waals surface area contributed by atoms with Gasteiger partial charge in [-0.2, -0.15) is 0 Å². The topological polar surface area (TPSA) is 83.5 Å². The van der Waals surface area contributed by atoms with Gasteiger partial charge < -0.3 is 10.4 Å². The van der Waals surface area contributed by atoms with Crippen LogP contribution < -0.4 is 5.32 Å². The van der Waals surface area contributed by atoms with Crippen LogP contribution in [0.15, 0.2) is 29.2 Å². The molecule has 0 bridgehead atoms. The van der Waals surface area contributed by atoms with Crippen molar-refractivity contribution in [3.63, 3.8) is 0 Å². The van der Waals surface area contributed by atoms with Crippen LogP contribution in [-0.4, -0.2) is 33.0 Å². The maximum atomic E-state index is 12.3. The van der Waals surface area contributed by atoms with Crippen molar-refractivity contribution in [2.75, 3.05) is 5.75 Å². The van der Waals surface area contributed by atoms with Gasteiger partial charge in [-0.05, 0) is 24.5 Å². The lowest BCUT2D eigenvalue weighted by atomic mass is 10.0. The zero-order valence-corrected chi connectivity index (χ0v) is 13.3. The second-order valence-electron chi connectivity index (χ2n) is 5.12. The molecular weight excluding hydrogens is 290 g/mol. The van der Waals surface area contributed by atoms with Gasteiger partial charge in [0, 0.05) is 5.75 Å². The van der Waals surface area contributed by atoms with E-state index in [0.29, 0.717) is 17.1 Å². The largest absolute Gasteiger partial charge is 0.480 e. The monoisotopic (exact) mass is 311 g/mol. The number of hydrogen-bond acceptors (Lipinski definition) is 3. The van der Waals surface area contributed by atoms with E-state index in [4.69, 9.17) is 5.11 Å². The van der Waals surface area contributed by atoms with Gasteiger partial charge in [0.2, 0.25) is 0 Å². The van der Waals surface area contributed by atoms with Crippen LogP contribution in [0.25, 0.3) is 0 Å². The zero-order chi connectivity index (χ0) is 16.0. The number of aliphatic carboxylic acids is 1. The Kier molecular flexibility index (Phi) is 6.55. The van der Waals surface area contributed by atoms with Crippen molar-refractivity contribution >= 4 is 22.7 Å². The standard InChI is InChI=1S/C15H21NO4S/c1-4-21(20)13-8-6-5-7-11(13)14(17)16-12(15(18)19)9-10(2)3/h5-8,10,12H,4,9H2,1-3H3,(H,16,17)(H,18,19)/t12-,21?/m1/s1. The first-order chi connectivity index (χ1) is 9.86. The highest BCUT2D eigenvalue weighted by atomic mass is 32.2. The summed E-state index contributed by atoms with van der Waals surface area (Å²) in [5.41, 5.74) is 0.271. The number of amides is 1. The smallest absolute Gasteiger partial charge is 0.326 e. The van der Waals surface area contributed by atoms with E-state index in [2.05, 4.69) is 5.32 Å². The maximum absolute atomic E-state index is 12.3. The van der Waals surface area contributed by atoms with Crippen molar-refractivity contribution in [2.24, 2.45) is 5.92 Å². The van der Waals surface area contributed by atoms with Gasteiger partial charge in [-0.3, -0.25) is 9.00 Å². The first-order valence-corrected chi connectivity index (χ1v) is 8.19. The number of carbonyl (C=O) groups is 2. The van der Waals surface area contributed by atoms with Crippen molar-refractivity contribution in [1.82, 2.24) is 5.32 Å². The number of nitrogens with one attached hydrogen (secondary N) is 1. The molecule has 0 fully saturated rings. The van der Waals surface area contributed by atoms with Gasteiger partial charge in [0.05, 0.1) is 21.3 Å². The Hall–Kier alpha value is -1.69. The summed E-state index contributed by atoms with van der Waals surface area (Å²) < 4.78 is 12.0. The molecule has 0 aliphatic rings. The van der Waals surface area contributed by atoms with E-state index in [1.54, 1.807) is 31.2 Å². The Labute approximate surface area is 127 Å². The molecule has 6 heteroatoms. The summed E-state index contributed by atoms with van der Waals surface area (Å²) in [6, 6.07) is 5.63. The summed E-state index contributed by atoms with van der Waals surface area (Å²) in [4.78, 5) is 23.9. The van der Waals surface area contributed by atoms with Gasteiger partial charge in [0.1, 0.15) is 6.04 Å². The third-order valence-electron chi connectivity index (χ3n) is 2.95. The van der Waals surface area contributed by atoms with Gasteiger partial charge in [-0.1, -0.05) is 32.9 Å². The molecule has 0 heterocycles. The molecule has 1 aromatic carbocycles. The van der Waals surface area contributed by atoms with E-state index in [-0.39, 0.29) is 11.5 Å². The van der Waals surface area contributed by atoms with Crippen LogP contribution >= 0.6 is 0 Å². The molecule has 2 atom stereocenters. The van der Waals surface area contributed by atoms with Crippen LogP contribution in [0.3, 0.4) is 0 Å². The van der Waals surface area contributed by atoms with Crippen molar-refractivity contribution < 1.29 is 18.9 Å². The average Bonchev–Trinajstić information content (AvgIpc) is 2.45. The van der Waals surface area contributed by atoms with E-state index in [1.807, 2.05) is 13.8 Å². The molecule has 0 aliphatic carbocycles. The molecule has 1 amide bonds. The quantitative estimate of drug-likeness (QED) is 0.807. The van der Waals surface area contributed by atoms with Gasteiger partial charge in [0.25, 0.3) is 5.91 Å². The van der Waals surface area contributed by atoms with E-state index in [0.717, 1.165) is 0 Å². The molecule has 0 aliphatic heterocycles. The Morgan fingerprint density at radius 3 is 2.43 bits per heavy atom. The Balaban J connectivity index is 2.98. The van der Waals surface area contributed by atoms with Gasteiger partial charge >= 0.3 is 5.97 Å². The van der Waals surface area contributed by atoms with E-state index in [9.17, 15) is 13.8 Å². The number of carboxylic acid groups (broad SMARTS) is 1. The Morgan fingerprint density at radius 2 is 1.90 bits per heavy atom. The van der Waals surface area contributed by atoms with Crippen molar-refractivity contribution in [3.05, 3.63) is 29.8 Å². The molecule has 1 aromatic rings. The number of hydrogen-bond donors (Lipinski definition) is 2. The summed E-state index contributed by atoms with van der Waals surface area (Å²) >= 11 is 0. The molecular formula is C15H21NO4S. The minimum atomic E-state index is -1.27. The second kappa shape index (κ2) is 7.93. The number of benzene rings is 1. The summed E-state index contributed by atoms with van der Waals surface area (Å²) in [7, 11) is -1.27. The highest BCUT2D eigenvalue weighted by Gasteiger charge is 2.23. The molecule has 1 unspecified atom stereocenters. The number of rotatable bonds is 7. The average molecular weight is 311 g/mol. The molecule has 0 radical (unpaired) electrons. The summed E-state index contributed by atoms with van der Waals surface area (Å²) in [5.74, 6) is -1.02. The fourth-order valence-electron chi connectivity index (χ4n) is 1.94. The predicted molar refractivity (Wildman–Crippen MR) is 81.7 cm³/mol. The Morgan fingerprint density at radius 1 is 1.29 bits per heavy atom. The molecule has 0 saturated carbocycles. The van der Waals surface area contributed by atoms with Crippen molar-refractivity contribution in [2.45, 2.75) is 38.1 Å². The van der Waals surface area contributed by atoms with Crippen LogP contribution in [0.4, 0.5) is 0 Å². The van der Waals surface area contributed by atoms with Crippen LogP contribution in [0.5, 0.6) is 0 Å². The third kappa shape index (κ3) is 4.97. The SMILES string of the molecule is CCS(=O)c1ccccc1C(=O)N[C@H](CC(C)C)C(=O)O. The number of carboxylic acids is 1. The van der Waals surface area contributed by atoms with Crippen LogP contribution in [0.2, 0.25) is 0 Å². The minimum absolute atomic E-state index is 0.145. The molecule has 0 spiro atoms. The van der Waals surface area contributed by atoms with Crippen LogP contribution in [-0.2, 0) is 15.6 Å². The first kappa shape index (κ1) is 17.4. The molecule has 0 saturated heterocycles. The molecule has 0 aromatic heterocycles. The predicted octanol–water partition coefficient (Wildman–Crippen LogP) is 2.04. The van der Waals surface area contributed by atoms with Gasteiger partial charge in [-0.25, -0.2) is 4.79 Å². The molecule has 21 heavy (non-hydrogen) atoms. The van der Waals surface area contributed by atoms with E-state index < -0.39 is 28.7 Å².